The Morgan fingerprint density at radius 1 is 1.31 bits per heavy atom. The molecule has 4 aromatic rings. The standard InChI is InChI=1S/C21H20N4O2S2/c1-12-3-4-16-14(7-12)9-17(29-16)20-23-24-21(27-20)28-11-15-10-19(26)25-6-5-13(2)8-18(25)22-15/h5-6,8-10,12H,3-4,7,11H2,1-2H3/t12-/m0/s1. The van der Waals surface area contributed by atoms with Crippen molar-refractivity contribution in [1.82, 2.24) is 19.6 Å². The van der Waals surface area contributed by atoms with Crippen molar-refractivity contribution in [2.45, 2.75) is 44.1 Å². The summed E-state index contributed by atoms with van der Waals surface area (Å²) in [7, 11) is 0. The van der Waals surface area contributed by atoms with Crippen LogP contribution in [0.2, 0.25) is 0 Å². The number of hydrogen-bond donors (Lipinski definition) is 0. The summed E-state index contributed by atoms with van der Waals surface area (Å²) >= 11 is 3.16. The molecule has 1 aliphatic rings. The Hall–Kier alpha value is -2.45. The molecule has 4 aromatic heterocycles. The number of nitrogens with zero attached hydrogens (tertiary/aromatic N) is 4. The van der Waals surface area contributed by atoms with E-state index in [4.69, 9.17) is 4.42 Å². The monoisotopic (exact) mass is 424 g/mol. The third-order valence-corrected chi connectivity index (χ3v) is 7.24. The quantitative estimate of drug-likeness (QED) is 0.448. The summed E-state index contributed by atoms with van der Waals surface area (Å²) in [5.74, 6) is 1.81. The second kappa shape index (κ2) is 7.42. The van der Waals surface area contributed by atoms with Crippen molar-refractivity contribution in [3.63, 3.8) is 0 Å². The molecule has 0 radical (unpaired) electrons. The third kappa shape index (κ3) is 3.74. The predicted molar refractivity (Wildman–Crippen MR) is 115 cm³/mol. The van der Waals surface area contributed by atoms with Gasteiger partial charge in [0.25, 0.3) is 16.7 Å². The van der Waals surface area contributed by atoms with Gasteiger partial charge in [-0.2, -0.15) is 0 Å². The van der Waals surface area contributed by atoms with Crippen molar-refractivity contribution in [2.75, 3.05) is 0 Å². The molecule has 0 amide bonds. The van der Waals surface area contributed by atoms with Crippen molar-refractivity contribution in [2.24, 2.45) is 5.92 Å². The molecule has 148 valence electrons. The normalized spacial score (nSPS) is 16.3. The van der Waals surface area contributed by atoms with Gasteiger partial charge in [-0.05, 0) is 61.4 Å². The average molecular weight is 425 g/mol. The van der Waals surface area contributed by atoms with Crippen LogP contribution in [0.3, 0.4) is 0 Å². The predicted octanol–water partition coefficient (Wildman–Crippen LogP) is 4.53. The topological polar surface area (TPSA) is 73.3 Å². The minimum Gasteiger partial charge on any atom is -0.410 e. The van der Waals surface area contributed by atoms with Crippen LogP contribution in [0.25, 0.3) is 16.4 Å². The summed E-state index contributed by atoms with van der Waals surface area (Å²) in [6.45, 7) is 4.28. The first-order valence-electron chi connectivity index (χ1n) is 9.62. The van der Waals surface area contributed by atoms with Crippen LogP contribution in [0.4, 0.5) is 0 Å². The molecule has 0 N–H and O–H groups in total. The number of fused-ring (bicyclic) bond motifs is 2. The smallest absolute Gasteiger partial charge is 0.277 e. The van der Waals surface area contributed by atoms with Crippen LogP contribution in [0.15, 0.2) is 44.9 Å². The Kier molecular flexibility index (Phi) is 4.75. The minimum atomic E-state index is -0.0878. The molecule has 1 aliphatic carbocycles. The number of thiophene rings is 1. The molecule has 0 fully saturated rings. The Morgan fingerprint density at radius 3 is 3.10 bits per heavy atom. The summed E-state index contributed by atoms with van der Waals surface area (Å²) in [5, 5.41) is 8.89. The van der Waals surface area contributed by atoms with Gasteiger partial charge in [0.1, 0.15) is 5.65 Å². The number of pyridine rings is 1. The number of aryl methyl sites for hydroxylation is 2. The van der Waals surface area contributed by atoms with Crippen molar-refractivity contribution in [3.8, 4) is 10.8 Å². The molecule has 0 spiro atoms. The maximum absolute atomic E-state index is 12.3. The molecule has 0 saturated carbocycles. The average Bonchev–Trinajstić information content (AvgIpc) is 3.32. The van der Waals surface area contributed by atoms with Crippen molar-refractivity contribution >= 4 is 28.7 Å². The highest BCUT2D eigenvalue weighted by atomic mass is 32.2. The lowest BCUT2D eigenvalue weighted by molar-refractivity contribution is 0.466. The van der Waals surface area contributed by atoms with E-state index in [-0.39, 0.29) is 5.56 Å². The van der Waals surface area contributed by atoms with Crippen molar-refractivity contribution in [1.29, 1.82) is 0 Å². The minimum absolute atomic E-state index is 0.0878. The number of thioether (sulfide) groups is 1. The highest BCUT2D eigenvalue weighted by Crippen LogP contribution is 2.37. The SMILES string of the molecule is Cc1ccn2c(=O)cc(CSc3nnc(-c4cc5c(s4)CC[C@H](C)C5)o3)nc2c1. The molecular formula is C21H20N4O2S2. The van der Waals surface area contributed by atoms with Crippen LogP contribution in [-0.2, 0) is 18.6 Å². The van der Waals surface area contributed by atoms with E-state index < -0.39 is 0 Å². The molecule has 5 rings (SSSR count). The van der Waals surface area contributed by atoms with Gasteiger partial charge in [0.05, 0.1) is 10.6 Å². The molecule has 0 aliphatic heterocycles. The molecular weight excluding hydrogens is 404 g/mol. The van der Waals surface area contributed by atoms with E-state index in [0.29, 0.717) is 28.2 Å². The lowest BCUT2D eigenvalue weighted by atomic mass is 9.90. The zero-order valence-electron chi connectivity index (χ0n) is 16.2. The largest absolute Gasteiger partial charge is 0.410 e. The summed E-state index contributed by atoms with van der Waals surface area (Å²) < 4.78 is 7.42. The maximum atomic E-state index is 12.3. The van der Waals surface area contributed by atoms with Gasteiger partial charge in [-0.3, -0.25) is 9.20 Å². The maximum Gasteiger partial charge on any atom is 0.277 e. The van der Waals surface area contributed by atoms with E-state index in [1.807, 2.05) is 19.1 Å². The first kappa shape index (κ1) is 18.6. The molecule has 8 heteroatoms. The highest BCUT2D eigenvalue weighted by Gasteiger charge is 2.21. The molecule has 6 nitrogen and oxygen atoms in total. The van der Waals surface area contributed by atoms with Crippen LogP contribution in [-0.4, -0.2) is 19.6 Å². The Balaban J connectivity index is 1.33. The van der Waals surface area contributed by atoms with Crippen LogP contribution < -0.4 is 5.56 Å². The molecule has 0 aromatic carbocycles. The van der Waals surface area contributed by atoms with E-state index in [0.717, 1.165) is 29.2 Å². The van der Waals surface area contributed by atoms with Crippen LogP contribution in [0, 0.1) is 12.8 Å². The summed E-state index contributed by atoms with van der Waals surface area (Å²) in [4.78, 5) is 19.4. The Labute approximate surface area is 176 Å². The van der Waals surface area contributed by atoms with Gasteiger partial charge >= 0.3 is 0 Å². The van der Waals surface area contributed by atoms with Gasteiger partial charge in [0.15, 0.2) is 0 Å². The fraction of sp³-hybridized carbons (Fsp3) is 0.333. The summed E-state index contributed by atoms with van der Waals surface area (Å²) in [6, 6.07) is 7.56. The number of aromatic nitrogens is 4. The second-order valence-corrected chi connectivity index (χ2v) is 9.65. The van der Waals surface area contributed by atoms with Crippen LogP contribution in [0.5, 0.6) is 0 Å². The van der Waals surface area contributed by atoms with Gasteiger partial charge in [0.2, 0.25) is 0 Å². The van der Waals surface area contributed by atoms with E-state index in [2.05, 4.69) is 28.2 Å². The fourth-order valence-corrected chi connectivity index (χ4v) is 5.43. The van der Waals surface area contributed by atoms with Gasteiger partial charge in [-0.1, -0.05) is 18.7 Å². The third-order valence-electron chi connectivity index (χ3n) is 5.17. The summed E-state index contributed by atoms with van der Waals surface area (Å²) in [6.07, 6.45) is 5.27. The van der Waals surface area contributed by atoms with Gasteiger partial charge in [-0.15, -0.1) is 21.5 Å². The number of rotatable bonds is 4. The van der Waals surface area contributed by atoms with E-state index in [1.54, 1.807) is 28.0 Å². The van der Waals surface area contributed by atoms with Gasteiger partial charge in [0, 0.05) is 22.9 Å². The first-order chi connectivity index (χ1) is 14.0. The highest BCUT2D eigenvalue weighted by molar-refractivity contribution is 7.98. The second-order valence-electron chi connectivity index (χ2n) is 7.59. The lowest BCUT2D eigenvalue weighted by Crippen LogP contribution is -2.15. The molecule has 4 heterocycles. The van der Waals surface area contributed by atoms with E-state index >= 15 is 0 Å². The van der Waals surface area contributed by atoms with E-state index in [9.17, 15) is 4.79 Å². The van der Waals surface area contributed by atoms with Gasteiger partial charge in [-0.25, -0.2) is 4.98 Å². The molecule has 0 bridgehead atoms. The molecule has 0 unspecified atom stereocenters. The zero-order valence-corrected chi connectivity index (χ0v) is 17.8. The van der Waals surface area contributed by atoms with Gasteiger partial charge < -0.3 is 4.42 Å². The first-order valence-corrected chi connectivity index (χ1v) is 11.4. The Bertz CT molecular complexity index is 1260. The van der Waals surface area contributed by atoms with Crippen LogP contribution >= 0.6 is 23.1 Å². The van der Waals surface area contributed by atoms with E-state index in [1.165, 1.54) is 28.6 Å². The van der Waals surface area contributed by atoms with Crippen LogP contribution in [0.1, 0.15) is 35.0 Å². The fourth-order valence-electron chi connectivity index (χ4n) is 3.64. The van der Waals surface area contributed by atoms with Crippen molar-refractivity contribution in [3.05, 3.63) is 62.5 Å². The molecule has 1 atom stereocenters. The molecule has 29 heavy (non-hydrogen) atoms. The number of hydrogen-bond acceptors (Lipinski definition) is 7. The molecule has 0 saturated heterocycles. The summed E-state index contributed by atoms with van der Waals surface area (Å²) in [5.41, 5.74) is 3.75. The Morgan fingerprint density at radius 2 is 2.21 bits per heavy atom. The van der Waals surface area contributed by atoms with Crippen molar-refractivity contribution < 1.29 is 4.42 Å². The zero-order chi connectivity index (χ0) is 20.0. The lowest BCUT2D eigenvalue weighted by Gasteiger charge is -2.16.